The fourth-order valence-corrected chi connectivity index (χ4v) is 3.99. The van der Waals surface area contributed by atoms with Gasteiger partial charge >= 0.3 is 11.9 Å². The molecule has 0 aliphatic carbocycles. The SMILES string of the molecule is Cc1cc(C)c(-c2nc(C)n(Cc3ccc(C(F)(F)F)s3)c(=O)n2)c(C)c1. The number of rotatable bonds is 3. The molecule has 0 atom stereocenters. The zero-order chi connectivity index (χ0) is 19.9. The molecular weight excluding hydrogens is 375 g/mol. The summed E-state index contributed by atoms with van der Waals surface area (Å²) >= 11 is 0.619. The highest BCUT2D eigenvalue weighted by Gasteiger charge is 2.32. The molecule has 0 amide bonds. The van der Waals surface area contributed by atoms with Gasteiger partial charge in [-0.2, -0.15) is 18.2 Å². The number of aryl methyl sites for hydroxylation is 4. The van der Waals surface area contributed by atoms with Crippen LogP contribution in [0.15, 0.2) is 29.1 Å². The Hall–Kier alpha value is -2.48. The average Bonchev–Trinajstić information content (AvgIpc) is 2.99. The first-order chi connectivity index (χ1) is 12.6. The van der Waals surface area contributed by atoms with E-state index in [1.54, 1.807) is 6.92 Å². The quantitative estimate of drug-likeness (QED) is 0.650. The maximum atomic E-state index is 12.8. The van der Waals surface area contributed by atoms with E-state index in [0.717, 1.165) is 28.3 Å². The molecule has 0 fully saturated rings. The normalized spacial score (nSPS) is 11.8. The first kappa shape index (κ1) is 19.3. The van der Waals surface area contributed by atoms with Gasteiger partial charge in [0.1, 0.15) is 10.7 Å². The number of aromatic nitrogens is 3. The summed E-state index contributed by atoms with van der Waals surface area (Å²) in [7, 11) is 0. The lowest BCUT2D eigenvalue weighted by Gasteiger charge is -2.13. The van der Waals surface area contributed by atoms with Crippen molar-refractivity contribution < 1.29 is 13.2 Å². The van der Waals surface area contributed by atoms with Crippen LogP contribution in [-0.4, -0.2) is 14.5 Å². The Bertz CT molecular complexity index is 1040. The molecule has 0 unspecified atom stereocenters. The summed E-state index contributed by atoms with van der Waals surface area (Å²) in [5.41, 5.74) is 3.33. The summed E-state index contributed by atoms with van der Waals surface area (Å²) in [6.07, 6.45) is -4.39. The summed E-state index contributed by atoms with van der Waals surface area (Å²) in [5.74, 6) is 0.747. The van der Waals surface area contributed by atoms with E-state index in [1.165, 1.54) is 10.6 Å². The van der Waals surface area contributed by atoms with Crippen molar-refractivity contribution in [1.82, 2.24) is 14.5 Å². The number of hydrogen-bond acceptors (Lipinski definition) is 4. The summed E-state index contributed by atoms with van der Waals surface area (Å²) in [6, 6.07) is 6.39. The standard InChI is InChI=1S/C19H18F3N3OS/c1-10-7-11(2)16(12(3)8-10)17-23-13(4)25(18(26)24-17)9-14-5-6-15(27-14)19(20,21)22/h5-8H,9H2,1-4H3. The minimum absolute atomic E-state index is 0.0115. The number of hydrogen-bond donors (Lipinski definition) is 0. The van der Waals surface area contributed by atoms with Gasteiger partial charge in [0.2, 0.25) is 0 Å². The summed E-state index contributed by atoms with van der Waals surface area (Å²) in [4.78, 5) is 20.8. The molecule has 142 valence electrons. The molecule has 0 saturated carbocycles. The summed E-state index contributed by atoms with van der Waals surface area (Å²) in [6.45, 7) is 7.53. The van der Waals surface area contributed by atoms with Crippen molar-refractivity contribution in [2.45, 2.75) is 40.4 Å². The Morgan fingerprint density at radius 1 is 1.04 bits per heavy atom. The maximum absolute atomic E-state index is 12.8. The van der Waals surface area contributed by atoms with Gasteiger partial charge in [-0.3, -0.25) is 4.57 Å². The van der Waals surface area contributed by atoms with E-state index >= 15 is 0 Å². The Kier molecular flexibility index (Phi) is 4.94. The summed E-state index contributed by atoms with van der Waals surface area (Å²) in [5, 5.41) is 0. The molecule has 1 aromatic carbocycles. The van der Waals surface area contributed by atoms with Gasteiger partial charge in [0, 0.05) is 10.4 Å². The lowest BCUT2D eigenvalue weighted by atomic mass is 9.99. The van der Waals surface area contributed by atoms with E-state index < -0.39 is 16.7 Å². The van der Waals surface area contributed by atoms with E-state index in [-0.39, 0.29) is 6.54 Å². The lowest BCUT2D eigenvalue weighted by Crippen LogP contribution is -2.27. The van der Waals surface area contributed by atoms with E-state index in [1.807, 2.05) is 32.9 Å². The van der Waals surface area contributed by atoms with Gasteiger partial charge in [0.15, 0.2) is 5.82 Å². The number of benzene rings is 1. The van der Waals surface area contributed by atoms with E-state index in [9.17, 15) is 18.0 Å². The van der Waals surface area contributed by atoms with Gasteiger partial charge in [-0.05, 0) is 51.0 Å². The first-order valence-corrected chi connectivity index (χ1v) is 9.07. The highest BCUT2D eigenvalue weighted by Crippen LogP contribution is 2.34. The van der Waals surface area contributed by atoms with Crippen LogP contribution in [0.4, 0.5) is 13.2 Å². The van der Waals surface area contributed by atoms with Crippen LogP contribution >= 0.6 is 11.3 Å². The molecule has 0 radical (unpaired) electrons. The Morgan fingerprint density at radius 2 is 1.67 bits per heavy atom. The van der Waals surface area contributed by atoms with Gasteiger partial charge < -0.3 is 0 Å². The third-order valence-corrected chi connectivity index (χ3v) is 5.36. The zero-order valence-electron chi connectivity index (χ0n) is 15.3. The highest BCUT2D eigenvalue weighted by molar-refractivity contribution is 7.12. The van der Waals surface area contributed by atoms with Crippen molar-refractivity contribution in [2.24, 2.45) is 0 Å². The second-order valence-corrected chi connectivity index (χ2v) is 7.67. The molecule has 0 spiro atoms. The molecule has 3 aromatic rings. The Morgan fingerprint density at radius 3 is 2.19 bits per heavy atom. The summed E-state index contributed by atoms with van der Waals surface area (Å²) < 4.78 is 39.6. The lowest BCUT2D eigenvalue weighted by molar-refractivity contribution is -0.134. The minimum atomic E-state index is -4.39. The Balaban J connectivity index is 1.99. The number of nitrogens with zero attached hydrogens (tertiary/aromatic N) is 3. The van der Waals surface area contributed by atoms with Crippen LogP contribution in [0.1, 0.15) is 32.3 Å². The van der Waals surface area contributed by atoms with Crippen LogP contribution in [0.5, 0.6) is 0 Å². The average molecular weight is 393 g/mol. The molecule has 3 rings (SSSR count). The van der Waals surface area contributed by atoms with Gasteiger partial charge in [-0.15, -0.1) is 11.3 Å². The molecule has 0 aliphatic heterocycles. The molecular formula is C19H18F3N3OS. The van der Waals surface area contributed by atoms with Gasteiger partial charge in [0.05, 0.1) is 6.54 Å². The minimum Gasteiger partial charge on any atom is -0.275 e. The predicted octanol–water partition coefficient (Wildman–Crippen LogP) is 4.67. The molecule has 8 heteroatoms. The van der Waals surface area contributed by atoms with Crippen molar-refractivity contribution in [3.05, 3.63) is 67.0 Å². The Labute approximate surface area is 158 Å². The largest absolute Gasteiger partial charge is 0.425 e. The van der Waals surface area contributed by atoms with Crippen LogP contribution in [-0.2, 0) is 12.7 Å². The molecule has 0 N–H and O–H groups in total. The van der Waals surface area contributed by atoms with E-state index in [0.29, 0.717) is 27.9 Å². The van der Waals surface area contributed by atoms with Crippen molar-refractivity contribution in [1.29, 1.82) is 0 Å². The molecule has 0 saturated heterocycles. The molecule has 0 aliphatic rings. The van der Waals surface area contributed by atoms with Crippen LogP contribution in [0.3, 0.4) is 0 Å². The fraction of sp³-hybridized carbons (Fsp3) is 0.316. The molecule has 2 heterocycles. The first-order valence-electron chi connectivity index (χ1n) is 8.26. The highest BCUT2D eigenvalue weighted by atomic mass is 32.1. The second kappa shape index (κ2) is 6.92. The monoisotopic (exact) mass is 393 g/mol. The van der Waals surface area contributed by atoms with Gasteiger partial charge in [0.25, 0.3) is 0 Å². The van der Waals surface area contributed by atoms with Crippen molar-refractivity contribution in [3.8, 4) is 11.4 Å². The van der Waals surface area contributed by atoms with Crippen molar-refractivity contribution in [2.75, 3.05) is 0 Å². The zero-order valence-corrected chi connectivity index (χ0v) is 16.1. The maximum Gasteiger partial charge on any atom is 0.425 e. The third kappa shape index (κ3) is 3.95. The van der Waals surface area contributed by atoms with Crippen LogP contribution < -0.4 is 5.69 Å². The fourth-order valence-electron chi connectivity index (χ4n) is 3.13. The number of halogens is 3. The third-order valence-electron chi connectivity index (χ3n) is 4.25. The van der Waals surface area contributed by atoms with Crippen molar-refractivity contribution in [3.63, 3.8) is 0 Å². The van der Waals surface area contributed by atoms with Gasteiger partial charge in [-0.1, -0.05) is 17.7 Å². The smallest absolute Gasteiger partial charge is 0.275 e. The molecule has 27 heavy (non-hydrogen) atoms. The molecule has 0 bridgehead atoms. The van der Waals surface area contributed by atoms with Crippen LogP contribution in [0.2, 0.25) is 0 Å². The van der Waals surface area contributed by atoms with Crippen LogP contribution in [0, 0.1) is 27.7 Å². The van der Waals surface area contributed by atoms with E-state index in [2.05, 4.69) is 9.97 Å². The topological polar surface area (TPSA) is 47.8 Å². The second-order valence-electron chi connectivity index (χ2n) is 6.50. The predicted molar refractivity (Wildman–Crippen MR) is 99.1 cm³/mol. The molecule has 2 aromatic heterocycles. The van der Waals surface area contributed by atoms with Crippen LogP contribution in [0.25, 0.3) is 11.4 Å². The van der Waals surface area contributed by atoms with E-state index in [4.69, 9.17) is 0 Å². The number of thiophene rings is 1. The van der Waals surface area contributed by atoms with Crippen molar-refractivity contribution >= 4 is 11.3 Å². The van der Waals surface area contributed by atoms with Gasteiger partial charge in [-0.25, -0.2) is 9.78 Å². The number of alkyl halides is 3. The molecule has 4 nitrogen and oxygen atoms in total.